The quantitative estimate of drug-likeness (QED) is 0.330. The number of thiophene rings is 1. The molecule has 0 spiro atoms. The Bertz CT molecular complexity index is 1460. The second kappa shape index (κ2) is 9.59. The van der Waals surface area contributed by atoms with Gasteiger partial charge in [0.25, 0.3) is 11.8 Å². The number of carbonyl (C=O) groups excluding carboxylic acids is 2. The predicted octanol–water partition coefficient (Wildman–Crippen LogP) is 6.67. The van der Waals surface area contributed by atoms with Crippen LogP contribution in [0.5, 0.6) is 0 Å². The molecule has 2 N–H and O–H groups in total. The lowest BCUT2D eigenvalue weighted by Crippen LogP contribution is -2.32. The number of rotatable bonds is 4. The molecule has 2 amide bonds. The van der Waals surface area contributed by atoms with E-state index in [-0.39, 0.29) is 11.8 Å². The van der Waals surface area contributed by atoms with E-state index in [4.69, 9.17) is 0 Å². The molecule has 3 aromatic carbocycles. The monoisotopic (exact) mass is 499 g/mol. The van der Waals surface area contributed by atoms with Crippen LogP contribution < -0.4 is 15.5 Å². The molecule has 0 radical (unpaired) electrons. The van der Waals surface area contributed by atoms with Crippen LogP contribution in [-0.4, -0.2) is 25.4 Å². The fourth-order valence-electron chi connectivity index (χ4n) is 4.56. The number of hydrogen-bond donors (Lipinski definition) is 2. The van der Waals surface area contributed by atoms with Gasteiger partial charge in [-0.25, -0.2) is 4.39 Å². The Labute approximate surface area is 213 Å². The SMILES string of the molecule is CNc1ccc(C(=O)N2CCc3cc(C(=O)Nc4c(C)cccc4C)sc3-c3ccc(F)cc32)cc1. The molecule has 0 aliphatic carbocycles. The van der Waals surface area contributed by atoms with Crippen LogP contribution in [0.25, 0.3) is 10.4 Å². The lowest BCUT2D eigenvalue weighted by Gasteiger charge is -2.23. The number of benzene rings is 3. The minimum Gasteiger partial charge on any atom is -0.388 e. The fourth-order valence-corrected chi connectivity index (χ4v) is 5.70. The number of para-hydroxylation sites is 1. The highest BCUT2D eigenvalue weighted by atomic mass is 32.1. The largest absolute Gasteiger partial charge is 0.388 e. The maximum absolute atomic E-state index is 14.4. The summed E-state index contributed by atoms with van der Waals surface area (Å²) in [6.07, 6.45) is 0.555. The molecule has 7 heteroatoms. The molecule has 4 aromatic rings. The first-order valence-electron chi connectivity index (χ1n) is 11.8. The third kappa shape index (κ3) is 4.38. The molecular weight excluding hydrogens is 473 g/mol. The van der Waals surface area contributed by atoms with Crippen molar-refractivity contribution in [2.75, 3.05) is 29.1 Å². The molecule has 5 rings (SSSR count). The molecule has 0 unspecified atom stereocenters. The van der Waals surface area contributed by atoms with Crippen molar-refractivity contribution in [3.05, 3.63) is 99.7 Å². The Kier molecular flexibility index (Phi) is 6.33. The molecule has 0 bridgehead atoms. The van der Waals surface area contributed by atoms with Gasteiger partial charge in [-0.05, 0) is 85.5 Å². The van der Waals surface area contributed by atoms with Gasteiger partial charge >= 0.3 is 0 Å². The van der Waals surface area contributed by atoms with Gasteiger partial charge in [-0.3, -0.25) is 9.59 Å². The lowest BCUT2D eigenvalue weighted by molar-refractivity contribution is 0.0985. The van der Waals surface area contributed by atoms with E-state index in [9.17, 15) is 14.0 Å². The topological polar surface area (TPSA) is 61.4 Å². The highest BCUT2D eigenvalue weighted by Gasteiger charge is 2.28. The fraction of sp³-hybridized carbons (Fsp3) is 0.172. The average molecular weight is 500 g/mol. The Balaban J connectivity index is 1.50. The number of anilines is 3. The second-order valence-corrected chi connectivity index (χ2v) is 9.93. The summed E-state index contributed by atoms with van der Waals surface area (Å²) in [5, 5.41) is 6.10. The molecule has 1 aliphatic heterocycles. The minimum absolute atomic E-state index is 0.174. The molecule has 0 atom stereocenters. The zero-order valence-electron chi connectivity index (χ0n) is 20.3. The molecular formula is C29H26FN3O2S. The van der Waals surface area contributed by atoms with Crippen molar-refractivity contribution in [1.82, 2.24) is 0 Å². The van der Waals surface area contributed by atoms with Crippen molar-refractivity contribution in [2.45, 2.75) is 20.3 Å². The number of fused-ring (bicyclic) bond motifs is 3. The van der Waals surface area contributed by atoms with E-state index in [1.54, 1.807) is 23.1 Å². The third-order valence-electron chi connectivity index (χ3n) is 6.52. The second-order valence-electron chi connectivity index (χ2n) is 8.88. The van der Waals surface area contributed by atoms with Crippen LogP contribution in [0.4, 0.5) is 21.5 Å². The van der Waals surface area contributed by atoms with Gasteiger partial charge < -0.3 is 15.5 Å². The molecule has 2 heterocycles. The molecule has 1 aromatic heterocycles. The van der Waals surface area contributed by atoms with E-state index in [2.05, 4.69) is 10.6 Å². The van der Waals surface area contributed by atoms with E-state index in [0.717, 1.165) is 38.5 Å². The summed E-state index contributed by atoms with van der Waals surface area (Å²) >= 11 is 1.37. The number of halogens is 1. The standard InChI is InChI=1S/C29H26FN3O2S/c1-17-5-4-6-18(2)26(17)32-28(34)25-15-20-13-14-33(29(35)19-7-10-22(31-3)11-8-19)24-16-21(30)9-12-23(24)27(20)36-25/h4-12,15-16,31H,13-14H2,1-3H3,(H,32,34). The number of nitrogens with zero attached hydrogens (tertiary/aromatic N) is 1. The molecule has 1 aliphatic rings. The van der Waals surface area contributed by atoms with Gasteiger partial charge in [-0.1, -0.05) is 18.2 Å². The number of nitrogens with one attached hydrogen (secondary N) is 2. The van der Waals surface area contributed by atoms with Crippen LogP contribution in [0.1, 0.15) is 36.7 Å². The molecule has 36 heavy (non-hydrogen) atoms. The van der Waals surface area contributed by atoms with Gasteiger partial charge in [-0.2, -0.15) is 0 Å². The average Bonchev–Trinajstić information content (AvgIpc) is 3.24. The van der Waals surface area contributed by atoms with E-state index < -0.39 is 5.82 Å². The number of carbonyl (C=O) groups is 2. The van der Waals surface area contributed by atoms with E-state index >= 15 is 0 Å². The third-order valence-corrected chi connectivity index (χ3v) is 7.73. The summed E-state index contributed by atoms with van der Waals surface area (Å²) in [5.74, 6) is -0.774. The predicted molar refractivity (Wildman–Crippen MR) is 145 cm³/mol. The van der Waals surface area contributed by atoms with Crippen LogP contribution in [0.3, 0.4) is 0 Å². The number of aryl methyl sites for hydroxylation is 2. The molecule has 0 saturated heterocycles. The van der Waals surface area contributed by atoms with Crippen molar-refractivity contribution in [3.8, 4) is 10.4 Å². The highest BCUT2D eigenvalue weighted by molar-refractivity contribution is 7.17. The molecule has 0 fully saturated rings. The molecule has 0 saturated carbocycles. The van der Waals surface area contributed by atoms with Crippen LogP contribution >= 0.6 is 11.3 Å². The summed E-state index contributed by atoms with van der Waals surface area (Å²) in [5.41, 5.74) is 6.49. The van der Waals surface area contributed by atoms with Crippen molar-refractivity contribution < 1.29 is 14.0 Å². The van der Waals surface area contributed by atoms with Crippen molar-refractivity contribution >= 4 is 40.2 Å². The summed E-state index contributed by atoms with van der Waals surface area (Å²) in [4.78, 5) is 29.7. The maximum Gasteiger partial charge on any atom is 0.265 e. The maximum atomic E-state index is 14.4. The van der Waals surface area contributed by atoms with Crippen molar-refractivity contribution in [1.29, 1.82) is 0 Å². The Morgan fingerprint density at radius 3 is 2.39 bits per heavy atom. The van der Waals surface area contributed by atoms with E-state index in [0.29, 0.717) is 29.1 Å². The van der Waals surface area contributed by atoms with Crippen LogP contribution in [-0.2, 0) is 6.42 Å². The summed E-state index contributed by atoms with van der Waals surface area (Å²) in [6.45, 7) is 4.31. The van der Waals surface area contributed by atoms with E-state index in [1.165, 1.54) is 23.5 Å². The normalized spacial score (nSPS) is 12.4. The number of hydrogen-bond acceptors (Lipinski definition) is 4. The summed E-state index contributed by atoms with van der Waals surface area (Å²) in [7, 11) is 1.82. The van der Waals surface area contributed by atoms with Gasteiger partial charge in [0.05, 0.1) is 10.6 Å². The first-order chi connectivity index (χ1) is 17.4. The van der Waals surface area contributed by atoms with Crippen LogP contribution in [0, 0.1) is 19.7 Å². The Morgan fingerprint density at radius 1 is 0.972 bits per heavy atom. The molecule has 182 valence electrons. The summed E-state index contributed by atoms with van der Waals surface area (Å²) in [6, 6.07) is 19.5. The van der Waals surface area contributed by atoms with Gasteiger partial charge in [0.1, 0.15) is 5.82 Å². The number of amides is 2. The van der Waals surface area contributed by atoms with Crippen molar-refractivity contribution in [2.24, 2.45) is 0 Å². The molecule has 5 nitrogen and oxygen atoms in total. The smallest absolute Gasteiger partial charge is 0.265 e. The van der Waals surface area contributed by atoms with Gasteiger partial charge in [0, 0.05) is 41.0 Å². The first-order valence-corrected chi connectivity index (χ1v) is 12.6. The first kappa shape index (κ1) is 23.8. The Morgan fingerprint density at radius 2 is 1.69 bits per heavy atom. The minimum atomic E-state index is -0.412. The highest BCUT2D eigenvalue weighted by Crippen LogP contribution is 2.42. The zero-order chi connectivity index (χ0) is 25.4. The zero-order valence-corrected chi connectivity index (χ0v) is 21.1. The van der Waals surface area contributed by atoms with E-state index in [1.807, 2.05) is 57.3 Å². The van der Waals surface area contributed by atoms with Gasteiger partial charge in [0.2, 0.25) is 0 Å². The van der Waals surface area contributed by atoms with Crippen LogP contribution in [0.2, 0.25) is 0 Å². The van der Waals surface area contributed by atoms with Crippen LogP contribution in [0.15, 0.2) is 66.7 Å². The van der Waals surface area contributed by atoms with Gasteiger partial charge in [0.15, 0.2) is 0 Å². The summed E-state index contributed by atoms with van der Waals surface area (Å²) < 4.78 is 14.4. The lowest BCUT2D eigenvalue weighted by atomic mass is 10.1. The van der Waals surface area contributed by atoms with Gasteiger partial charge in [-0.15, -0.1) is 11.3 Å². The van der Waals surface area contributed by atoms with Crippen molar-refractivity contribution in [3.63, 3.8) is 0 Å². The Hall–Kier alpha value is -3.97.